The van der Waals surface area contributed by atoms with E-state index < -0.39 is 0 Å². The molecular formula is C12H12BrN3OS. The minimum absolute atomic E-state index is 0.0931. The number of rotatable bonds is 4. The Bertz CT molecular complexity index is 553. The summed E-state index contributed by atoms with van der Waals surface area (Å²) in [5.41, 5.74) is 0.709. The zero-order valence-corrected chi connectivity index (χ0v) is 12.4. The molecule has 1 heterocycles. The number of benzene rings is 1. The molecule has 0 spiro atoms. The topological polar surface area (TPSA) is 47.8 Å². The van der Waals surface area contributed by atoms with Crippen molar-refractivity contribution in [2.24, 2.45) is 7.05 Å². The number of carbonyl (C=O) groups is 1. The van der Waals surface area contributed by atoms with Crippen molar-refractivity contribution >= 4 is 33.5 Å². The Morgan fingerprint density at radius 3 is 2.61 bits per heavy atom. The second-order valence-corrected chi connectivity index (χ2v) is 6.08. The minimum Gasteiger partial charge on any atom is -0.312 e. The summed E-state index contributed by atoms with van der Waals surface area (Å²) in [5, 5.41) is 8.31. The van der Waals surface area contributed by atoms with E-state index >= 15 is 0 Å². The van der Waals surface area contributed by atoms with E-state index in [9.17, 15) is 4.79 Å². The van der Waals surface area contributed by atoms with E-state index in [0.29, 0.717) is 5.56 Å². The molecule has 2 aromatic rings. The van der Waals surface area contributed by atoms with Crippen LogP contribution in [0.1, 0.15) is 17.3 Å². The molecule has 0 aliphatic heterocycles. The van der Waals surface area contributed by atoms with Crippen LogP contribution in [0.2, 0.25) is 0 Å². The fourth-order valence-corrected chi connectivity index (χ4v) is 2.57. The first-order chi connectivity index (χ1) is 8.58. The van der Waals surface area contributed by atoms with Gasteiger partial charge in [-0.2, -0.15) is 0 Å². The summed E-state index contributed by atoms with van der Waals surface area (Å²) in [6.07, 6.45) is 1.62. The lowest BCUT2D eigenvalue weighted by molar-refractivity contribution is 0.0994. The van der Waals surface area contributed by atoms with Crippen molar-refractivity contribution in [2.45, 2.75) is 17.3 Å². The Kier molecular flexibility index (Phi) is 4.19. The third-order valence-electron chi connectivity index (χ3n) is 2.45. The highest BCUT2D eigenvalue weighted by Gasteiger charge is 2.18. The highest BCUT2D eigenvalue weighted by molar-refractivity contribution is 9.10. The fourth-order valence-electron chi connectivity index (χ4n) is 1.44. The van der Waals surface area contributed by atoms with Gasteiger partial charge in [0, 0.05) is 17.1 Å². The van der Waals surface area contributed by atoms with Crippen LogP contribution in [0.25, 0.3) is 0 Å². The summed E-state index contributed by atoms with van der Waals surface area (Å²) >= 11 is 4.76. The van der Waals surface area contributed by atoms with Crippen molar-refractivity contribution in [3.05, 3.63) is 40.6 Å². The summed E-state index contributed by atoms with van der Waals surface area (Å²) in [6, 6.07) is 7.38. The number of Topliss-reactive ketones (excluding diaryl/α,β-unsaturated/α-hetero) is 1. The van der Waals surface area contributed by atoms with Crippen LogP contribution in [0.4, 0.5) is 0 Å². The molecule has 0 saturated carbocycles. The van der Waals surface area contributed by atoms with Crippen molar-refractivity contribution in [3.63, 3.8) is 0 Å². The van der Waals surface area contributed by atoms with Crippen molar-refractivity contribution in [2.75, 3.05) is 0 Å². The number of hydrogen-bond acceptors (Lipinski definition) is 4. The SMILES string of the molecule is CC(Sc1nncn1C)C(=O)c1ccc(Br)cc1. The van der Waals surface area contributed by atoms with Gasteiger partial charge >= 0.3 is 0 Å². The molecule has 18 heavy (non-hydrogen) atoms. The molecule has 0 N–H and O–H groups in total. The predicted octanol–water partition coefficient (Wildman–Crippen LogP) is 2.94. The summed E-state index contributed by atoms with van der Waals surface area (Å²) in [6.45, 7) is 1.88. The van der Waals surface area contributed by atoms with Gasteiger partial charge in [0.05, 0.1) is 5.25 Å². The lowest BCUT2D eigenvalue weighted by Gasteiger charge is -2.09. The molecule has 94 valence electrons. The zero-order chi connectivity index (χ0) is 13.1. The highest BCUT2D eigenvalue weighted by atomic mass is 79.9. The Morgan fingerprint density at radius 2 is 2.06 bits per heavy atom. The molecule has 0 radical (unpaired) electrons. The molecule has 0 amide bonds. The van der Waals surface area contributed by atoms with E-state index in [2.05, 4.69) is 26.1 Å². The average Bonchev–Trinajstić information content (AvgIpc) is 2.75. The lowest BCUT2D eigenvalue weighted by Crippen LogP contribution is -2.14. The molecule has 1 aromatic carbocycles. The Hall–Kier alpha value is -1.14. The van der Waals surface area contributed by atoms with Gasteiger partial charge in [0.25, 0.3) is 0 Å². The van der Waals surface area contributed by atoms with Crippen LogP contribution in [-0.2, 0) is 7.05 Å². The summed E-state index contributed by atoms with van der Waals surface area (Å²) in [5.74, 6) is 0.0931. The van der Waals surface area contributed by atoms with Crippen LogP contribution in [-0.4, -0.2) is 25.8 Å². The van der Waals surface area contributed by atoms with Gasteiger partial charge in [-0.3, -0.25) is 4.79 Å². The molecule has 1 aromatic heterocycles. The van der Waals surface area contributed by atoms with Crippen LogP contribution >= 0.6 is 27.7 Å². The van der Waals surface area contributed by atoms with E-state index in [1.54, 1.807) is 10.9 Å². The monoisotopic (exact) mass is 325 g/mol. The van der Waals surface area contributed by atoms with E-state index in [0.717, 1.165) is 9.63 Å². The number of thioether (sulfide) groups is 1. The Labute approximate surface area is 118 Å². The number of aromatic nitrogens is 3. The van der Waals surface area contributed by atoms with Gasteiger partial charge in [-0.25, -0.2) is 0 Å². The third-order valence-corrected chi connectivity index (χ3v) is 4.13. The molecule has 4 nitrogen and oxygen atoms in total. The fraction of sp³-hybridized carbons (Fsp3) is 0.250. The van der Waals surface area contributed by atoms with Gasteiger partial charge in [-0.15, -0.1) is 10.2 Å². The maximum Gasteiger partial charge on any atom is 0.191 e. The number of hydrogen-bond donors (Lipinski definition) is 0. The summed E-state index contributed by atoms with van der Waals surface area (Å²) in [4.78, 5) is 12.2. The Morgan fingerprint density at radius 1 is 1.39 bits per heavy atom. The third kappa shape index (κ3) is 3.00. The van der Waals surface area contributed by atoms with E-state index in [4.69, 9.17) is 0 Å². The van der Waals surface area contributed by atoms with Gasteiger partial charge in [0.15, 0.2) is 10.9 Å². The maximum absolute atomic E-state index is 12.2. The molecule has 1 unspecified atom stereocenters. The molecular weight excluding hydrogens is 314 g/mol. The quantitative estimate of drug-likeness (QED) is 0.640. The second kappa shape index (κ2) is 5.67. The number of carbonyl (C=O) groups excluding carboxylic acids is 1. The number of nitrogens with zero attached hydrogens (tertiary/aromatic N) is 3. The van der Waals surface area contributed by atoms with Crippen molar-refractivity contribution < 1.29 is 4.79 Å². The zero-order valence-electron chi connectivity index (χ0n) is 10.0. The highest BCUT2D eigenvalue weighted by Crippen LogP contribution is 2.23. The van der Waals surface area contributed by atoms with Gasteiger partial charge < -0.3 is 4.57 Å². The van der Waals surface area contributed by atoms with Gasteiger partial charge in [-0.05, 0) is 19.1 Å². The van der Waals surface area contributed by atoms with E-state index in [1.807, 2.05) is 38.2 Å². The maximum atomic E-state index is 12.2. The largest absolute Gasteiger partial charge is 0.312 e. The van der Waals surface area contributed by atoms with Crippen LogP contribution < -0.4 is 0 Å². The molecule has 0 aliphatic carbocycles. The van der Waals surface area contributed by atoms with E-state index in [-0.39, 0.29) is 11.0 Å². The average molecular weight is 326 g/mol. The van der Waals surface area contributed by atoms with Crippen molar-refractivity contribution in [1.82, 2.24) is 14.8 Å². The molecule has 0 saturated heterocycles. The van der Waals surface area contributed by atoms with Gasteiger partial charge in [0.2, 0.25) is 0 Å². The molecule has 6 heteroatoms. The van der Waals surface area contributed by atoms with E-state index in [1.165, 1.54) is 11.8 Å². The van der Waals surface area contributed by atoms with Crippen LogP contribution in [0.15, 0.2) is 40.2 Å². The number of halogens is 1. The first kappa shape index (κ1) is 13.3. The summed E-state index contributed by atoms with van der Waals surface area (Å²) < 4.78 is 2.77. The normalized spacial score (nSPS) is 12.4. The van der Waals surface area contributed by atoms with Crippen LogP contribution in [0.3, 0.4) is 0 Å². The van der Waals surface area contributed by atoms with Gasteiger partial charge in [-0.1, -0.05) is 39.8 Å². The Balaban J connectivity index is 2.09. The molecule has 1 atom stereocenters. The van der Waals surface area contributed by atoms with Crippen molar-refractivity contribution in [3.8, 4) is 0 Å². The predicted molar refractivity (Wildman–Crippen MR) is 74.8 cm³/mol. The molecule has 0 fully saturated rings. The van der Waals surface area contributed by atoms with Gasteiger partial charge in [0.1, 0.15) is 6.33 Å². The van der Waals surface area contributed by atoms with Crippen LogP contribution in [0.5, 0.6) is 0 Å². The minimum atomic E-state index is -0.186. The standard InChI is InChI=1S/C12H12BrN3OS/c1-8(18-12-15-14-7-16(12)2)11(17)9-3-5-10(13)6-4-9/h3-8H,1-2H3. The molecule has 0 aliphatic rings. The first-order valence-corrected chi connectivity index (χ1v) is 7.05. The molecule has 2 rings (SSSR count). The lowest BCUT2D eigenvalue weighted by atomic mass is 10.1. The smallest absolute Gasteiger partial charge is 0.191 e. The summed E-state index contributed by atoms with van der Waals surface area (Å²) in [7, 11) is 1.86. The van der Waals surface area contributed by atoms with Crippen molar-refractivity contribution in [1.29, 1.82) is 0 Å². The molecule has 0 bridgehead atoms. The first-order valence-electron chi connectivity index (χ1n) is 5.38. The van der Waals surface area contributed by atoms with Crippen LogP contribution in [0, 0.1) is 0 Å². The second-order valence-electron chi connectivity index (χ2n) is 3.86. The number of aryl methyl sites for hydroxylation is 1. The number of ketones is 1.